The molecule has 3 rings (SSSR count). The quantitative estimate of drug-likeness (QED) is 0.694. The molecule has 0 atom stereocenters. The largest absolute Gasteiger partial charge is 0.494 e. The van der Waals surface area contributed by atoms with Crippen molar-refractivity contribution in [2.24, 2.45) is 0 Å². The zero-order valence-corrected chi connectivity index (χ0v) is 16.4. The van der Waals surface area contributed by atoms with Crippen LogP contribution in [0.2, 0.25) is 0 Å². The molecule has 0 saturated carbocycles. The van der Waals surface area contributed by atoms with E-state index in [0.29, 0.717) is 13.0 Å². The summed E-state index contributed by atoms with van der Waals surface area (Å²) in [7, 11) is 0. The minimum absolute atomic E-state index is 0.208. The highest BCUT2D eigenvalue weighted by atomic mass is 16.5. The van der Waals surface area contributed by atoms with Gasteiger partial charge in [-0.15, -0.1) is 0 Å². The number of hydrogen-bond acceptors (Lipinski definition) is 5. The maximum Gasteiger partial charge on any atom is 0.227 e. The van der Waals surface area contributed by atoms with Gasteiger partial charge in [-0.05, 0) is 37.5 Å². The Kier molecular flexibility index (Phi) is 7.93. The second-order valence-corrected chi connectivity index (χ2v) is 7.14. The predicted molar refractivity (Wildman–Crippen MR) is 104 cm³/mol. The SMILES string of the molecule is CCOc1ccc(CC(=O)N(CCN2CCOCC2)C2CCOCC2)cc1. The molecule has 0 aliphatic carbocycles. The van der Waals surface area contributed by atoms with Crippen LogP contribution in [0.3, 0.4) is 0 Å². The summed E-state index contributed by atoms with van der Waals surface area (Å²) in [4.78, 5) is 17.6. The Morgan fingerprint density at radius 1 is 1.11 bits per heavy atom. The molecule has 2 fully saturated rings. The molecule has 27 heavy (non-hydrogen) atoms. The minimum Gasteiger partial charge on any atom is -0.494 e. The number of ether oxygens (including phenoxy) is 3. The van der Waals surface area contributed by atoms with Gasteiger partial charge in [-0.1, -0.05) is 12.1 Å². The third-order valence-corrected chi connectivity index (χ3v) is 5.30. The highest BCUT2D eigenvalue weighted by Gasteiger charge is 2.26. The van der Waals surface area contributed by atoms with E-state index in [4.69, 9.17) is 14.2 Å². The van der Waals surface area contributed by atoms with E-state index in [2.05, 4.69) is 9.80 Å². The van der Waals surface area contributed by atoms with Crippen molar-refractivity contribution in [3.8, 4) is 5.75 Å². The van der Waals surface area contributed by atoms with Crippen molar-refractivity contribution in [1.82, 2.24) is 9.80 Å². The topological polar surface area (TPSA) is 51.2 Å². The number of carbonyl (C=O) groups is 1. The van der Waals surface area contributed by atoms with Crippen molar-refractivity contribution in [1.29, 1.82) is 0 Å². The van der Waals surface area contributed by atoms with Crippen LogP contribution in [0.15, 0.2) is 24.3 Å². The van der Waals surface area contributed by atoms with Crippen molar-refractivity contribution < 1.29 is 19.0 Å². The number of carbonyl (C=O) groups excluding carboxylic acids is 1. The number of nitrogens with zero attached hydrogens (tertiary/aromatic N) is 2. The van der Waals surface area contributed by atoms with E-state index in [0.717, 1.165) is 76.8 Å². The Morgan fingerprint density at radius 2 is 1.78 bits per heavy atom. The molecule has 2 saturated heterocycles. The molecule has 0 unspecified atom stereocenters. The molecular weight excluding hydrogens is 344 g/mol. The zero-order valence-electron chi connectivity index (χ0n) is 16.4. The van der Waals surface area contributed by atoms with Crippen molar-refractivity contribution in [2.45, 2.75) is 32.2 Å². The van der Waals surface area contributed by atoms with Gasteiger partial charge in [-0.25, -0.2) is 0 Å². The molecule has 1 aromatic carbocycles. The molecule has 6 heteroatoms. The average molecular weight is 376 g/mol. The monoisotopic (exact) mass is 376 g/mol. The van der Waals surface area contributed by atoms with Gasteiger partial charge in [-0.2, -0.15) is 0 Å². The van der Waals surface area contributed by atoms with E-state index in [1.54, 1.807) is 0 Å². The van der Waals surface area contributed by atoms with Crippen LogP contribution in [0.25, 0.3) is 0 Å². The predicted octanol–water partition coefficient (Wildman–Crippen LogP) is 1.97. The van der Waals surface area contributed by atoms with E-state index in [1.807, 2.05) is 31.2 Å². The fraction of sp³-hybridized carbons (Fsp3) is 0.667. The van der Waals surface area contributed by atoms with Gasteiger partial charge in [0.2, 0.25) is 5.91 Å². The van der Waals surface area contributed by atoms with Crippen LogP contribution in [0.4, 0.5) is 0 Å². The lowest BCUT2D eigenvalue weighted by molar-refractivity contribution is -0.135. The fourth-order valence-corrected chi connectivity index (χ4v) is 3.73. The minimum atomic E-state index is 0.208. The van der Waals surface area contributed by atoms with Crippen molar-refractivity contribution in [3.05, 3.63) is 29.8 Å². The summed E-state index contributed by atoms with van der Waals surface area (Å²) in [6.07, 6.45) is 2.29. The highest BCUT2D eigenvalue weighted by molar-refractivity contribution is 5.79. The fourth-order valence-electron chi connectivity index (χ4n) is 3.73. The molecule has 0 spiro atoms. The number of amides is 1. The molecule has 1 amide bonds. The van der Waals surface area contributed by atoms with E-state index in [9.17, 15) is 4.79 Å². The molecule has 2 aliphatic rings. The summed E-state index contributed by atoms with van der Waals surface area (Å²) in [6.45, 7) is 9.29. The van der Waals surface area contributed by atoms with Crippen LogP contribution in [-0.4, -0.2) is 81.0 Å². The second kappa shape index (κ2) is 10.6. The summed E-state index contributed by atoms with van der Waals surface area (Å²) in [6, 6.07) is 8.16. The lowest BCUT2D eigenvalue weighted by Gasteiger charge is -2.36. The number of morpholine rings is 1. The number of benzene rings is 1. The van der Waals surface area contributed by atoms with Gasteiger partial charge in [0.25, 0.3) is 0 Å². The maximum absolute atomic E-state index is 13.1. The molecule has 0 radical (unpaired) electrons. The molecule has 6 nitrogen and oxygen atoms in total. The van der Waals surface area contributed by atoms with Crippen molar-refractivity contribution >= 4 is 5.91 Å². The third kappa shape index (κ3) is 6.19. The first kappa shape index (κ1) is 20.1. The van der Waals surface area contributed by atoms with E-state index in [-0.39, 0.29) is 11.9 Å². The molecule has 2 aliphatic heterocycles. The molecule has 0 N–H and O–H groups in total. The Hall–Kier alpha value is -1.63. The molecule has 1 aromatic rings. The summed E-state index contributed by atoms with van der Waals surface area (Å²) in [5, 5.41) is 0. The van der Waals surface area contributed by atoms with Crippen molar-refractivity contribution in [3.63, 3.8) is 0 Å². The highest BCUT2D eigenvalue weighted by Crippen LogP contribution is 2.18. The standard InChI is InChI=1S/C21H32N2O4/c1-2-27-20-5-3-18(4-6-20)17-21(24)23(19-7-13-25-14-8-19)10-9-22-11-15-26-16-12-22/h3-6,19H,2,7-17H2,1H3. The summed E-state index contributed by atoms with van der Waals surface area (Å²) in [5.74, 6) is 1.06. The van der Waals surface area contributed by atoms with Crippen molar-refractivity contribution in [2.75, 3.05) is 59.2 Å². The zero-order chi connectivity index (χ0) is 18.9. The molecule has 150 valence electrons. The third-order valence-electron chi connectivity index (χ3n) is 5.30. The Labute approximate surface area is 162 Å². The number of hydrogen-bond donors (Lipinski definition) is 0. The van der Waals surface area contributed by atoms with Gasteiger partial charge >= 0.3 is 0 Å². The van der Waals surface area contributed by atoms with Crippen LogP contribution in [-0.2, 0) is 20.7 Å². The van der Waals surface area contributed by atoms with E-state index >= 15 is 0 Å². The Balaban J connectivity index is 1.60. The second-order valence-electron chi connectivity index (χ2n) is 7.14. The van der Waals surface area contributed by atoms with Gasteiger partial charge in [0.05, 0.1) is 26.2 Å². The van der Waals surface area contributed by atoms with Crippen LogP contribution in [0, 0.1) is 0 Å². The molecule has 2 heterocycles. The van der Waals surface area contributed by atoms with Crippen LogP contribution >= 0.6 is 0 Å². The first-order valence-corrected chi connectivity index (χ1v) is 10.2. The lowest BCUT2D eigenvalue weighted by Crippen LogP contribution is -2.49. The van der Waals surface area contributed by atoms with Gasteiger partial charge < -0.3 is 19.1 Å². The Bertz CT molecular complexity index is 566. The van der Waals surface area contributed by atoms with E-state index < -0.39 is 0 Å². The van der Waals surface area contributed by atoms with Gasteiger partial charge in [0.15, 0.2) is 0 Å². The van der Waals surface area contributed by atoms with Gasteiger partial charge in [-0.3, -0.25) is 9.69 Å². The Morgan fingerprint density at radius 3 is 2.44 bits per heavy atom. The molecule has 0 bridgehead atoms. The van der Waals surface area contributed by atoms with Crippen LogP contribution < -0.4 is 4.74 Å². The maximum atomic E-state index is 13.1. The lowest BCUT2D eigenvalue weighted by atomic mass is 10.0. The summed E-state index contributed by atoms with van der Waals surface area (Å²) in [5.41, 5.74) is 1.03. The first-order valence-electron chi connectivity index (χ1n) is 10.2. The van der Waals surface area contributed by atoms with Crippen LogP contribution in [0.5, 0.6) is 5.75 Å². The molecular formula is C21H32N2O4. The van der Waals surface area contributed by atoms with E-state index in [1.165, 1.54) is 0 Å². The number of rotatable bonds is 8. The van der Waals surface area contributed by atoms with Gasteiger partial charge in [0, 0.05) is 45.4 Å². The average Bonchev–Trinajstić information content (AvgIpc) is 2.71. The smallest absolute Gasteiger partial charge is 0.227 e. The normalized spacial score (nSPS) is 19.0. The van der Waals surface area contributed by atoms with Crippen LogP contribution in [0.1, 0.15) is 25.3 Å². The first-order chi connectivity index (χ1) is 13.3. The van der Waals surface area contributed by atoms with Gasteiger partial charge in [0.1, 0.15) is 5.75 Å². The summed E-state index contributed by atoms with van der Waals surface area (Å²) < 4.78 is 16.4. The summed E-state index contributed by atoms with van der Waals surface area (Å²) >= 11 is 0. The molecule has 0 aromatic heterocycles.